The second-order valence-electron chi connectivity index (χ2n) is 13.7. The summed E-state index contributed by atoms with van der Waals surface area (Å²) in [6.07, 6.45) is 0.907. The van der Waals surface area contributed by atoms with Gasteiger partial charge in [0.25, 0.3) is 0 Å². The Balaban J connectivity index is 0.768. The lowest BCUT2D eigenvalue weighted by atomic mass is 9.99. The van der Waals surface area contributed by atoms with Crippen LogP contribution in [0.2, 0.25) is 5.02 Å². The Morgan fingerprint density at radius 1 is 0.857 bits per heavy atom. The monoisotopic (exact) mass is 794 g/mol. The van der Waals surface area contributed by atoms with Crippen molar-refractivity contribution in [2.45, 2.75) is 46.2 Å². The van der Waals surface area contributed by atoms with Crippen LogP contribution in [-0.4, -0.2) is 79.1 Å². The number of amides is 1. The Bertz CT molecular complexity index is 2270. The minimum absolute atomic E-state index is 0.123. The maximum absolute atomic E-state index is 13.2. The standard InChI is InChI=1S/C43H47ClN6O5S/c1-28-29(2)56-43-40(28)41(33-11-13-35(44)14-12-33)47-37(42-49-48-30(3)50(42)43)26-39(51)46-16-18-53-20-22-54-21-19-52-17-15-45-27-32-9-10-34-25-36(55-38(34)24-32)23-31-7-5-4-6-8-31/h4-14,24-25,37,45H,15-23,26-27H2,1-3H3,(H,46,51)/t37-/m0/s1. The average molecular weight is 795 g/mol. The number of aryl methyl sites for hydroxylation is 2. The van der Waals surface area contributed by atoms with E-state index in [0.29, 0.717) is 57.0 Å². The summed E-state index contributed by atoms with van der Waals surface area (Å²) in [4.78, 5) is 19.5. The number of hydrogen-bond donors (Lipinski definition) is 2. The number of ether oxygens (including phenoxy) is 3. The van der Waals surface area contributed by atoms with Gasteiger partial charge in [0, 0.05) is 52.5 Å². The van der Waals surface area contributed by atoms with Crippen LogP contribution in [-0.2, 0) is 32.0 Å². The zero-order chi connectivity index (χ0) is 38.9. The van der Waals surface area contributed by atoms with Crippen molar-refractivity contribution < 1.29 is 23.4 Å². The first-order chi connectivity index (χ1) is 27.3. The molecule has 6 aromatic rings. The zero-order valence-corrected chi connectivity index (χ0v) is 33.5. The van der Waals surface area contributed by atoms with Gasteiger partial charge < -0.3 is 29.3 Å². The fourth-order valence-corrected chi connectivity index (χ4v) is 8.03. The number of carbonyl (C=O) groups is 1. The summed E-state index contributed by atoms with van der Waals surface area (Å²) >= 11 is 7.90. The number of fused-ring (bicyclic) bond motifs is 4. The second kappa shape index (κ2) is 19.0. The van der Waals surface area contributed by atoms with Gasteiger partial charge in [0.1, 0.15) is 28.2 Å². The first-order valence-electron chi connectivity index (χ1n) is 19.0. The van der Waals surface area contributed by atoms with Crippen LogP contribution in [0.4, 0.5) is 0 Å². The molecular formula is C43H47ClN6O5S. The third kappa shape index (κ3) is 9.81. The topological polar surface area (TPSA) is 125 Å². The molecule has 1 aliphatic heterocycles. The van der Waals surface area contributed by atoms with E-state index >= 15 is 0 Å². The first-order valence-corrected chi connectivity index (χ1v) is 20.2. The molecule has 1 amide bonds. The number of carbonyl (C=O) groups excluding carboxylic acids is 1. The molecule has 0 radical (unpaired) electrons. The number of halogens is 1. The molecule has 0 aliphatic carbocycles. The molecule has 11 nitrogen and oxygen atoms in total. The molecule has 56 heavy (non-hydrogen) atoms. The van der Waals surface area contributed by atoms with E-state index in [0.717, 1.165) is 69.5 Å². The number of rotatable bonds is 19. The molecule has 0 bridgehead atoms. The quantitative estimate of drug-likeness (QED) is 0.0810. The molecule has 1 aliphatic rings. The van der Waals surface area contributed by atoms with Crippen LogP contribution in [0.5, 0.6) is 0 Å². The SMILES string of the molecule is Cc1sc2c(c1C)C(c1ccc(Cl)cc1)=N[C@@H](CC(=O)NCCOCCOCCOCCNCc1ccc3cc(Cc4ccccc4)oc3c1)c1nnc(C)n1-2. The van der Waals surface area contributed by atoms with E-state index in [-0.39, 0.29) is 12.3 Å². The predicted octanol–water partition coefficient (Wildman–Crippen LogP) is 7.48. The molecule has 3 aromatic carbocycles. The molecular weight excluding hydrogens is 748 g/mol. The minimum Gasteiger partial charge on any atom is -0.461 e. The second-order valence-corrected chi connectivity index (χ2v) is 15.4. The highest BCUT2D eigenvalue weighted by molar-refractivity contribution is 7.15. The van der Waals surface area contributed by atoms with Crippen LogP contribution in [0.1, 0.15) is 62.6 Å². The van der Waals surface area contributed by atoms with Gasteiger partial charge in [-0.2, -0.15) is 0 Å². The summed E-state index contributed by atoms with van der Waals surface area (Å²) in [6, 6.07) is 25.9. The molecule has 4 heterocycles. The van der Waals surface area contributed by atoms with Gasteiger partial charge in [-0.05, 0) is 61.7 Å². The van der Waals surface area contributed by atoms with Crippen molar-refractivity contribution in [2.24, 2.45) is 4.99 Å². The summed E-state index contributed by atoms with van der Waals surface area (Å²) < 4.78 is 25.2. The van der Waals surface area contributed by atoms with Gasteiger partial charge in [-0.3, -0.25) is 14.4 Å². The first kappa shape index (κ1) is 39.5. The van der Waals surface area contributed by atoms with Crippen LogP contribution >= 0.6 is 22.9 Å². The Morgan fingerprint density at radius 2 is 1.59 bits per heavy atom. The predicted molar refractivity (Wildman–Crippen MR) is 221 cm³/mol. The lowest BCUT2D eigenvalue weighted by Gasteiger charge is -2.13. The van der Waals surface area contributed by atoms with E-state index in [4.69, 9.17) is 35.2 Å². The van der Waals surface area contributed by atoms with Crippen LogP contribution < -0.4 is 10.6 Å². The largest absolute Gasteiger partial charge is 0.461 e. The Labute approximate surface area is 336 Å². The Kier molecular flexibility index (Phi) is 13.4. The van der Waals surface area contributed by atoms with Gasteiger partial charge in [-0.1, -0.05) is 66.2 Å². The fraction of sp³-hybridized carbons (Fsp3) is 0.349. The van der Waals surface area contributed by atoms with Crippen molar-refractivity contribution in [1.82, 2.24) is 25.4 Å². The number of hydrogen-bond acceptors (Lipinski definition) is 10. The summed E-state index contributed by atoms with van der Waals surface area (Å²) in [5.74, 6) is 2.23. The molecule has 0 unspecified atom stereocenters. The summed E-state index contributed by atoms with van der Waals surface area (Å²) in [5.41, 5.74) is 7.24. The number of nitrogens with one attached hydrogen (secondary N) is 2. The molecule has 13 heteroatoms. The van der Waals surface area contributed by atoms with E-state index in [9.17, 15) is 4.79 Å². The van der Waals surface area contributed by atoms with Gasteiger partial charge in [0.2, 0.25) is 5.91 Å². The molecule has 0 fully saturated rings. The van der Waals surface area contributed by atoms with Gasteiger partial charge >= 0.3 is 0 Å². The molecule has 292 valence electrons. The van der Waals surface area contributed by atoms with E-state index in [1.165, 1.54) is 16.0 Å². The number of furan rings is 1. The smallest absolute Gasteiger partial charge is 0.222 e. The highest BCUT2D eigenvalue weighted by Crippen LogP contribution is 2.39. The molecule has 0 saturated heterocycles. The molecule has 3 aromatic heterocycles. The molecule has 0 saturated carbocycles. The van der Waals surface area contributed by atoms with E-state index < -0.39 is 6.04 Å². The van der Waals surface area contributed by atoms with Gasteiger partial charge in [-0.15, -0.1) is 21.5 Å². The molecule has 2 N–H and O–H groups in total. The van der Waals surface area contributed by atoms with Crippen molar-refractivity contribution in [3.05, 3.63) is 134 Å². The maximum Gasteiger partial charge on any atom is 0.222 e. The lowest BCUT2D eigenvalue weighted by Crippen LogP contribution is -2.29. The summed E-state index contributed by atoms with van der Waals surface area (Å²) in [6.45, 7) is 10.8. The average Bonchev–Trinajstić information content (AvgIpc) is 3.84. The highest BCUT2D eigenvalue weighted by atomic mass is 35.5. The zero-order valence-electron chi connectivity index (χ0n) is 32.0. The normalized spacial score (nSPS) is 13.7. The van der Waals surface area contributed by atoms with Gasteiger partial charge in [-0.25, -0.2) is 0 Å². The lowest BCUT2D eigenvalue weighted by molar-refractivity contribution is -0.121. The van der Waals surface area contributed by atoms with Crippen LogP contribution in [0.3, 0.4) is 0 Å². The summed E-state index contributed by atoms with van der Waals surface area (Å²) in [7, 11) is 0. The number of benzene rings is 3. The van der Waals surface area contributed by atoms with Crippen molar-refractivity contribution >= 4 is 45.5 Å². The van der Waals surface area contributed by atoms with Crippen molar-refractivity contribution in [2.75, 3.05) is 52.7 Å². The third-order valence-electron chi connectivity index (χ3n) is 9.66. The number of nitrogens with zero attached hydrogens (tertiary/aromatic N) is 4. The number of aromatic nitrogens is 3. The summed E-state index contributed by atoms with van der Waals surface area (Å²) in [5, 5.41) is 18.0. The number of thiophene rings is 1. The van der Waals surface area contributed by atoms with Gasteiger partial charge in [0.15, 0.2) is 5.82 Å². The van der Waals surface area contributed by atoms with Crippen molar-refractivity contribution in [3.63, 3.8) is 0 Å². The third-order valence-corrected chi connectivity index (χ3v) is 11.1. The molecule has 7 rings (SSSR count). The van der Waals surface area contributed by atoms with Gasteiger partial charge in [0.05, 0.1) is 51.8 Å². The fourth-order valence-electron chi connectivity index (χ4n) is 6.69. The molecule has 1 atom stereocenters. The van der Waals surface area contributed by atoms with Crippen LogP contribution in [0.15, 0.2) is 88.3 Å². The van der Waals surface area contributed by atoms with Crippen molar-refractivity contribution in [1.29, 1.82) is 0 Å². The van der Waals surface area contributed by atoms with E-state index in [2.05, 4.69) is 71.1 Å². The Morgan fingerprint density at radius 3 is 2.36 bits per heavy atom. The highest BCUT2D eigenvalue weighted by Gasteiger charge is 2.32. The van der Waals surface area contributed by atoms with Crippen molar-refractivity contribution in [3.8, 4) is 5.00 Å². The number of aliphatic imine (C=N–C) groups is 1. The van der Waals surface area contributed by atoms with Crippen LogP contribution in [0.25, 0.3) is 16.0 Å². The van der Waals surface area contributed by atoms with Crippen LogP contribution in [0, 0.1) is 20.8 Å². The van der Waals surface area contributed by atoms with E-state index in [1.807, 2.05) is 54.0 Å². The maximum atomic E-state index is 13.2. The molecule has 0 spiro atoms. The van der Waals surface area contributed by atoms with E-state index in [1.54, 1.807) is 11.3 Å². The Hall–Kier alpha value is -4.69. The minimum atomic E-state index is -0.523.